The van der Waals surface area contributed by atoms with Gasteiger partial charge in [0.05, 0.1) is 11.2 Å². The molecule has 1 aliphatic carbocycles. The number of pyridine rings is 1. The van der Waals surface area contributed by atoms with Gasteiger partial charge in [0.15, 0.2) is 17.4 Å². The number of allylic oxidation sites excluding steroid dienone is 1. The van der Waals surface area contributed by atoms with E-state index in [1.54, 1.807) is 7.05 Å². The van der Waals surface area contributed by atoms with E-state index in [4.69, 9.17) is 10.5 Å². The van der Waals surface area contributed by atoms with Gasteiger partial charge in [0, 0.05) is 50.1 Å². The predicted molar refractivity (Wildman–Crippen MR) is 124 cm³/mol. The van der Waals surface area contributed by atoms with Gasteiger partial charge in [-0.3, -0.25) is 4.99 Å². The number of nitrogens with one attached hydrogen (secondary N) is 1. The number of hydrogen-bond donors (Lipinski definition) is 2. The highest BCUT2D eigenvalue weighted by Gasteiger charge is 2.25. The molecule has 0 amide bonds. The van der Waals surface area contributed by atoms with Crippen LogP contribution in [0.2, 0.25) is 0 Å². The first-order valence-electron chi connectivity index (χ1n) is 11.0. The van der Waals surface area contributed by atoms with Gasteiger partial charge in [-0.05, 0) is 50.6 Å². The Hall–Kier alpha value is -3.46. The summed E-state index contributed by atoms with van der Waals surface area (Å²) in [4.78, 5) is 6.71. The van der Waals surface area contributed by atoms with E-state index in [2.05, 4.69) is 37.6 Å². The van der Waals surface area contributed by atoms with Crippen molar-refractivity contribution in [1.82, 2.24) is 24.7 Å². The molecule has 1 saturated heterocycles. The van der Waals surface area contributed by atoms with Crippen LogP contribution in [0.1, 0.15) is 36.4 Å². The van der Waals surface area contributed by atoms with Gasteiger partial charge in [-0.1, -0.05) is 0 Å². The summed E-state index contributed by atoms with van der Waals surface area (Å²) >= 11 is 0. The molecule has 0 radical (unpaired) electrons. The second-order valence-electron chi connectivity index (χ2n) is 8.45. The molecule has 3 aromatic rings. The molecule has 9 heteroatoms. The van der Waals surface area contributed by atoms with E-state index in [-0.39, 0.29) is 6.10 Å². The maximum atomic E-state index is 6.18. The highest BCUT2D eigenvalue weighted by Crippen LogP contribution is 2.38. The lowest BCUT2D eigenvalue weighted by atomic mass is 10.1. The Morgan fingerprint density at radius 2 is 2.06 bits per heavy atom. The molecular weight excluding hydrogens is 404 g/mol. The lowest BCUT2D eigenvalue weighted by Gasteiger charge is -2.18. The molecule has 1 aliphatic heterocycles. The average Bonchev–Trinajstić information content (AvgIpc) is 3.45. The molecule has 0 bridgehead atoms. The van der Waals surface area contributed by atoms with Crippen LogP contribution in [0.25, 0.3) is 5.52 Å². The summed E-state index contributed by atoms with van der Waals surface area (Å²) in [6, 6.07) is 9.94. The van der Waals surface area contributed by atoms with Crippen LogP contribution < -0.4 is 11.1 Å². The number of aromatic nitrogens is 4. The zero-order valence-electron chi connectivity index (χ0n) is 18.4. The monoisotopic (exact) mass is 432 g/mol. The van der Waals surface area contributed by atoms with Crippen molar-refractivity contribution in [1.29, 1.82) is 0 Å². The number of hydrogen-bond acceptors (Lipinski definition) is 8. The molecule has 1 saturated carbocycles. The first-order valence-corrected chi connectivity index (χ1v) is 11.0. The molecular formula is C23H28N8O. The molecule has 0 unspecified atom stereocenters. The van der Waals surface area contributed by atoms with Gasteiger partial charge >= 0.3 is 0 Å². The first-order chi connectivity index (χ1) is 15.6. The van der Waals surface area contributed by atoms with Gasteiger partial charge in [-0.15, -0.1) is 5.10 Å². The van der Waals surface area contributed by atoms with Crippen molar-refractivity contribution >= 4 is 22.9 Å². The molecule has 2 fully saturated rings. The molecule has 5 rings (SSSR count). The summed E-state index contributed by atoms with van der Waals surface area (Å²) < 4.78 is 7.99. The standard InChI is InChI=1S/C23H28N8O/c1-25-23(20(13-24)32-18-8-9-30(2)14-18)16-7-10-31-17(11-16)12-22(29-31)26-21-6-5-19(27-28-21)15-3-4-15/h5-7,10-13,15,18H,3-4,8-9,14,24H2,1-2H3,(H,26,28,29)/b20-13+,25-23?/t18-/m0/s1. The van der Waals surface area contributed by atoms with E-state index in [1.165, 1.54) is 19.0 Å². The second kappa shape index (κ2) is 8.58. The third-order valence-electron chi connectivity index (χ3n) is 5.92. The highest BCUT2D eigenvalue weighted by atomic mass is 16.5. The van der Waals surface area contributed by atoms with E-state index in [0.29, 0.717) is 23.3 Å². The minimum atomic E-state index is 0.119. The molecule has 4 heterocycles. The lowest BCUT2D eigenvalue weighted by Crippen LogP contribution is -2.22. The lowest BCUT2D eigenvalue weighted by molar-refractivity contribution is 0.137. The van der Waals surface area contributed by atoms with Gasteiger partial charge in [-0.25, -0.2) is 4.52 Å². The van der Waals surface area contributed by atoms with Crippen molar-refractivity contribution < 1.29 is 4.74 Å². The highest BCUT2D eigenvalue weighted by molar-refractivity contribution is 6.11. The van der Waals surface area contributed by atoms with Gasteiger partial charge in [0.1, 0.15) is 11.8 Å². The number of anilines is 2. The third-order valence-corrected chi connectivity index (χ3v) is 5.92. The molecule has 32 heavy (non-hydrogen) atoms. The number of rotatable bonds is 7. The Balaban J connectivity index is 1.34. The summed E-state index contributed by atoms with van der Waals surface area (Å²) in [6.07, 6.45) is 6.92. The molecule has 3 aromatic heterocycles. The van der Waals surface area contributed by atoms with Crippen LogP contribution in [-0.2, 0) is 4.74 Å². The Bertz CT molecular complexity index is 1160. The molecule has 0 aromatic carbocycles. The Morgan fingerprint density at radius 3 is 2.72 bits per heavy atom. The van der Waals surface area contributed by atoms with Crippen molar-refractivity contribution in [3.05, 3.63) is 59.7 Å². The largest absolute Gasteiger partial charge is 0.485 e. The van der Waals surface area contributed by atoms with Crippen LogP contribution in [0.3, 0.4) is 0 Å². The third kappa shape index (κ3) is 4.29. The predicted octanol–water partition coefficient (Wildman–Crippen LogP) is 2.69. The molecule has 3 N–H and O–H groups in total. The molecule has 2 aliphatic rings. The van der Waals surface area contributed by atoms with Crippen molar-refractivity contribution in [3.63, 3.8) is 0 Å². The van der Waals surface area contributed by atoms with Gasteiger partial charge in [0.2, 0.25) is 0 Å². The van der Waals surface area contributed by atoms with Crippen molar-refractivity contribution in [3.8, 4) is 0 Å². The quantitative estimate of drug-likeness (QED) is 0.437. The van der Waals surface area contributed by atoms with Gasteiger partial charge < -0.3 is 20.7 Å². The summed E-state index contributed by atoms with van der Waals surface area (Å²) in [5, 5.41) is 16.4. The van der Waals surface area contributed by atoms with Crippen molar-refractivity contribution in [2.75, 3.05) is 32.5 Å². The Kier molecular flexibility index (Phi) is 5.48. The topological polar surface area (TPSA) is 106 Å². The van der Waals surface area contributed by atoms with E-state index >= 15 is 0 Å². The summed E-state index contributed by atoms with van der Waals surface area (Å²) in [5.41, 5.74) is 9.55. The fourth-order valence-electron chi connectivity index (χ4n) is 4.07. The van der Waals surface area contributed by atoms with Gasteiger partial charge in [0.25, 0.3) is 0 Å². The van der Waals surface area contributed by atoms with Crippen LogP contribution in [0.5, 0.6) is 0 Å². The van der Waals surface area contributed by atoms with Crippen LogP contribution in [0.15, 0.2) is 53.5 Å². The zero-order chi connectivity index (χ0) is 22.1. The van der Waals surface area contributed by atoms with Crippen LogP contribution in [0.4, 0.5) is 11.6 Å². The molecule has 9 nitrogen and oxygen atoms in total. The van der Waals surface area contributed by atoms with Crippen molar-refractivity contribution in [2.24, 2.45) is 10.7 Å². The molecule has 1 atom stereocenters. The number of likely N-dealkylation sites (tertiary alicyclic amines) is 1. The molecule has 166 valence electrons. The summed E-state index contributed by atoms with van der Waals surface area (Å²) in [6.45, 7) is 1.90. The maximum absolute atomic E-state index is 6.18. The van der Waals surface area contributed by atoms with Crippen molar-refractivity contribution in [2.45, 2.75) is 31.3 Å². The first kappa shape index (κ1) is 20.4. The minimum absolute atomic E-state index is 0.119. The number of ether oxygens (including phenoxy) is 1. The minimum Gasteiger partial charge on any atom is -0.485 e. The van der Waals surface area contributed by atoms with Crippen LogP contribution >= 0.6 is 0 Å². The smallest absolute Gasteiger partial charge is 0.160 e. The van der Waals surface area contributed by atoms with Crippen LogP contribution in [-0.4, -0.2) is 63.7 Å². The number of aliphatic imine (C=N–C) groups is 1. The van der Waals surface area contributed by atoms with E-state index in [9.17, 15) is 0 Å². The summed E-state index contributed by atoms with van der Waals surface area (Å²) in [7, 11) is 3.84. The van der Waals surface area contributed by atoms with E-state index in [0.717, 1.165) is 42.0 Å². The number of nitrogens with two attached hydrogens (primary N) is 1. The van der Waals surface area contributed by atoms with E-state index in [1.807, 2.05) is 41.0 Å². The molecule has 0 spiro atoms. The maximum Gasteiger partial charge on any atom is 0.160 e. The zero-order valence-corrected chi connectivity index (χ0v) is 18.4. The number of likely N-dealkylation sites (N-methyl/N-ethyl adjacent to an activating group) is 1. The fourth-order valence-corrected chi connectivity index (χ4v) is 4.07. The Labute approximate surface area is 187 Å². The van der Waals surface area contributed by atoms with Gasteiger partial charge in [-0.2, -0.15) is 10.2 Å². The fraction of sp³-hybridized carbons (Fsp3) is 0.391. The SMILES string of the molecule is CN=C(/C(=C\N)O[C@H]1CCN(C)C1)c1ccn2nc(Nc3ccc(C4CC4)nn3)cc2c1. The van der Waals surface area contributed by atoms with E-state index < -0.39 is 0 Å². The Morgan fingerprint density at radius 1 is 1.19 bits per heavy atom. The average molecular weight is 433 g/mol. The number of nitrogens with zero attached hydrogens (tertiary/aromatic N) is 6. The number of fused-ring (bicyclic) bond motifs is 1. The normalized spacial score (nSPS) is 20.1. The summed E-state index contributed by atoms with van der Waals surface area (Å²) in [5.74, 6) is 2.56. The second-order valence-corrected chi connectivity index (χ2v) is 8.45. The van der Waals surface area contributed by atoms with Crippen LogP contribution in [0, 0.1) is 0 Å².